The molecule has 226 valence electrons. The Morgan fingerprint density at radius 2 is 0.571 bits per heavy atom. The summed E-state index contributed by atoms with van der Waals surface area (Å²) in [6.45, 7) is 0. The van der Waals surface area contributed by atoms with Crippen molar-refractivity contribution in [3.63, 3.8) is 0 Å². The summed E-state index contributed by atoms with van der Waals surface area (Å²) < 4.78 is 17.4. The average molecular weight is 852 g/mol. The van der Waals surface area contributed by atoms with E-state index >= 15 is 0 Å². The SMILES string of the molecule is CSC1=C(SC)SC(=C2SC(SC)=C(SCc3ccc(CSC4=C(SC)SC(=C5SC(SC)=C(SC)S5)S4)cc3)S2)S1. The normalized spacial score (nSPS) is 19.8. The van der Waals surface area contributed by atoms with Gasteiger partial charge >= 0.3 is 0 Å². The lowest BCUT2D eigenvalue weighted by molar-refractivity contribution is 1.35. The molecule has 0 spiro atoms. The number of rotatable bonds is 12. The molecule has 0 N–H and O–H groups in total. The third kappa shape index (κ3) is 9.28. The molecule has 5 rings (SSSR count). The van der Waals surface area contributed by atoms with Crippen molar-refractivity contribution in [1.82, 2.24) is 0 Å². The van der Waals surface area contributed by atoms with Crippen molar-refractivity contribution < 1.29 is 0 Å². The standard InChI is InChI=1S/C26H26S16/c1-27-15-16(28-2)36-23(35-15)25-39-19(31-5)21(41-25)33-11-13-7-9-14(10-8-13)12-34-22-20(32-6)40-26(42-22)24-37-17(29-3)18(30-4)38-24/h7-10H,11-12H2,1-6H3. The van der Waals surface area contributed by atoms with E-state index < -0.39 is 0 Å². The van der Waals surface area contributed by atoms with E-state index in [1.165, 1.54) is 62.0 Å². The van der Waals surface area contributed by atoms with Crippen LogP contribution in [0.3, 0.4) is 0 Å². The molecule has 0 unspecified atom stereocenters. The highest BCUT2D eigenvalue weighted by molar-refractivity contribution is 8.46. The maximum atomic E-state index is 2.33. The van der Waals surface area contributed by atoms with Crippen LogP contribution in [0.2, 0.25) is 0 Å². The summed E-state index contributed by atoms with van der Waals surface area (Å²) in [6.07, 6.45) is 13.2. The van der Waals surface area contributed by atoms with E-state index in [9.17, 15) is 0 Å². The van der Waals surface area contributed by atoms with E-state index in [4.69, 9.17) is 0 Å². The Hall–Kier alpha value is 3.26. The molecule has 0 aromatic heterocycles. The van der Waals surface area contributed by atoms with Gasteiger partial charge in [0.1, 0.15) is 0 Å². The number of hydrogen-bond acceptors (Lipinski definition) is 16. The molecule has 0 atom stereocenters. The Labute approximate surface area is 319 Å². The van der Waals surface area contributed by atoms with Crippen LogP contribution in [0.5, 0.6) is 0 Å². The molecule has 0 saturated heterocycles. The fourth-order valence-corrected chi connectivity index (χ4v) is 24.7. The molecule has 1 aromatic rings. The predicted octanol–water partition coefficient (Wildman–Crippen LogP) is 15.0. The number of benzene rings is 1. The van der Waals surface area contributed by atoms with E-state index in [1.54, 1.807) is 0 Å². The zero-order valence-electron chi connectivity index (χ0n) is 23.3. The fraction of sp³-hybridized carbons (Fsp3) is 0.308. The zero-order chi connectivity index (χ0) is 29.6. The number of thioether (sulfide) groups is 16. The van der Waals surface area contributed by atoms with Gasteiger partial charge in [0.05, 0.1) is 50.8 Å². The highest BCUT2D eigenvalue weighted by Gasteiger charge is 2.31. The Bertz CT molecular complexity index is 1240. The first-order valence-corrected chi connectivity index (χ1v) is 27.8. The van der Waals surface area contributed by atoms with Crippen LogP contribution in [0.15, 0.2) is 75.1 Å². The van der Waals surface area contributed by atoms with Crippen molar-refractivity contribution in [2.75, 3.05) is 37.5 Å². The largest absolute Gasteiger partial charge is 0.121 e. The molecule has 0 fully saturated rings. The summed E-state index contributed by atoms with van der Waals surface area (Å²) in [7, 11) is 0. The zero-order valence-corrected chi connectivity index (χ0v) is 36.3. The van der Waals surface area contributed by atoms with Gasteiger partial charge in [-0.2, -0.15) is 0 Å². The first-order valence-electron chi connectivity index (χ1n) is 12.0. The molecule has 0 aliphatic carbocycles. The second kappa shape index (κ2) is 18.3. The summed E-state index contributed by atoms with van der Waals surface area (Å²) in [5, 5.41) is 0. The van der Waals surface area contributed by atoms with Crippen molar-refractivity contribution in [3.05, 3.63) is 86.2 Å². The Balaban J connectivity index is 1.14. The third-order valence-electron chi connectivity index (χ3n) is 5.36. The van der Waals surface area contributed by atoms with Crippen LogP contribution in [-0.2, 0) is 11.5 Å². The van der Waals surface area contributed by atoms with Crippen molar-refractivity contribution in [2.24, 2.45) is 0 Å². The Morgan fingerprint density at radius 1 is 0.357 bits per heavy atom. The minimum Gasteiger partial charge on any atom is -0.121 e. The lowest BCUT2D eigenvalue weighted by Gasteiger charge is -2.07. The molecule has 4 aliphatic rings. The van der Waals surface area contributed by atoms with Gasteiger partial charge in [-0.25, -0.2) is 0 Å². The first kappa shape index (κ1) is 36.5. The van der Waals surface area contributed by atoms with Gasteiger partial charge in [-0.15, -0.1) is 94.1 Å². The van der Waals surface area contributed by atoms with Crippen LogP contribution in [0.4, 0.5) is 0 Å². The smallest absolute Gasteiger partial charge is 0.0717 e. The molecule has 42 heavy (non-hydrogen) atoms. The van der Waals surface area contributed by atoms with Crippen LogP contribution in [0.25, 0.3) is 0 Å². The lowest BCUT2D eigenvalue weighted by atomic mass is 10.2. The molecule has 16 heteroatoms. The van der Waals surface area contributed by atoms with Gasteiger partial charge in [0.25, 0.3) is 0 Å². The molecule has 0 radical (unpaired) electrons. The van der Waals surface area contributed by atoms with Gasteiger partial charge in [0.2, 0.25) is 0 Å². The van der Waals surface area contributed by atoms with Crippen LogP contribution in [-0.4, -0.2) is 37.5 Å². The summed E-state index contributed by atoms with van der Waals surface area (Å²) in [5.74, 6) is 2.02. The molecule has 4 aliphatic heterocycles. The van der Waals surface area contributed by atoms with Crippen LogP contribution >= 0.6 is 188 Å². The third-order valence-corrected chi connectivity index (χ3v) is 27.7. The highest BCUT2D eigenvalue weighted by atomic mass is 32.3. The second-order valence-electron chi connectivity index (χ2n) is 7.88. The van der Waals surface area contributed by atoms with E-state index in [0.29, 0.717) is 0 Å². The first-order chi connectivity index (χ1) is 20.5. The molecule has 0 nitrogen and oxygen atoms in total. The van der Waals surface area contributed by atoms with Crippen molar-refractivity contribution in [2.45, 2.75) is 11.5 Å². The maximum Gasteiger partial charge on any atom is 0.0717 e. The Morgan fingerprint density at radius 3 is 0.810 bits per heavy atom. The van der Waals surface area contributed by atoms with E-state index in [2.05, 4.69) is 61.8 Å². The quantitative estimate of drug-likeness (QED) is 0.196. The summed E-state index contributed by atoms with van der Waals surface area (Å²) in [6, 6.07) is 9.32. The molecule has 4 heterocycles. The Kier molecular flexibility index (Phi) is 15.9. The summed E-state index contributed by atoms with van der Waals surface area (Å²) in [4.78, 5) is 0. The molecular formula is C26H26S16. The van der Waals surface area contributed by atoms with Gasteiger partial charge in [-0.3, -0.25) is 0 Å². The molecule has 0 bridgehead atoms. The predicted molar refractivity (Wildman–Crippen MR) is 233 cm³/mol. The lowest BCUT2D eigenvalue weighted by Crippen LogP contribution is -1.84. The highest BCUT2D eigenvalue weighted by Crippen LogP contribution is 2.67. The average Bonchev–Trinajstić information content (AvgIpc) is 3.82. The minimum absolute atomic E-state index is 1.01. The maximum absolute atomic E-state index is 2.33. The van der Waals surface area contributed by atoms with Gasteiger partial charge in [0, 0.05) is 11.5 Å². The van der Waals surface area contributed by atoms with Gasteiger partial charge < -0.3 is 0 Å². The van der Waals surface area contributed by atoms with Gasteiger partial charge in [-0.05, 0) is 48.7 Å². The monoisotopic (exact) mass is 850 g/mol. The van der Waals surface area contributed by atoms with Gasteiger partial charge in [0.15, 0.2) is 0 Å². The second-order valence-corrected chi connectivity index (χ2v) is 26.0. The molecule has 1 aromatic carbocycles. The van der Waals surface area contributed by atoms with Crippen LogP contribution in [0, 0.1) is 0 Å². The fourth-order valence-electron chi connectivity index (χ4n) is 3.38. The van der Waals surface area contributed by atoms with Crippen molar-refractivity contribution in [1.29, 1.82) is 0 Å². The minimum atomic E-state index is 1.01. The molecule has 0 saturated carbocycles. The van der Waals surface area contributed by atoms with Crippen LogP contribution in [0.1, 0.15) is 11.1 Å². The number of hydrogen-bond donors (Lipinski definition) is 0. The van der Waals surface area contributed by atoms with E-state index in [1.807, 2.05) is 188 Å². The van der Waals surface area contributed by atoms with Crippen molar-refractivity contribution >= 4 is 188 Å². The van der Waals surface area contributed by atoms with Gasteiger partial charge in [-0.1, -0.05) is 118 Å². The summed E-state index contributed by atoms with van der Waals surface area (Å²) >= 11 is 30.9. The van der Waals surface area contributed by atoms with Crippen molar-refractivity contribution in [3.8, 4) is 0 Å². The van der Waals surface area contributed by atoms with Crippen LogP contribution < -0.4 is 0 Å². The molecule has 0 amide bonds. The topological polar surface area (TPSA) is 0 Å². The summed E-state index contributed by atoms with van der Waals surface area (Å²) in [5.41, 5.74) is 2.79. The van der Waals surface area contributed by atoms with E-state index in [-0.39, 0.29) is 0 Å². The molecular weight excluding hydrogens is 825 g/mol. The van der Waals surface area contributed by atoms with E-state index in [0.717, 1.165) is 11.5 Å².